The van der Waals surface area contributed by atoms with Gasteiger partial charge >= 0.3 is 6.03 Å². The van der Waals surface area contributed by atoms with Gasteiger partial charge in [0.1, 0.15) is 0 Å². The van der Waals surface area contributed by atoms with Gasteiger partial charge < -0.3 is 32.4 Å². The molecule has 24 heavy (non-hydrogen) atoms. The first-order valence-corrected chi connectivity index (χ1v) is 8.59. The van der Waals surface area contributed by atoms with Crippen LogP contribution >= 0.6 is 0 Å². The Balaban J connectivity index is 2.28. The van der Waals surface area contributed by atoms with E-state index in [9.17, 15) is 4.79 Å². The Morgan fingerprint density at radius 1 is 1.17 bits per heavy atom. The summed E-state index contributed by atoms with van der Waals surface area (Å²) >= 11 is 0. The molecule has 0 radical (unpaired) electrons. The van der Waals surface area contributed by atoms with E-state index in [1.54, 1.807) is 0 Å². The zero-order valence-corrected chi connectivity index (χ0v) is 14.5. The van der Waals surface area contributed by atoms with E-state index in [0.29, 0.717) is 24.8 Å². The first-order valence-electron chi connectivity index (χ1n) is 8.59. The number of rotatable bonds is 12. The first kappa shape index (κ1) is 20.3. The van der Waals surface area contributed by atoms with E-state index >= 15 is 0 Å². The average Bonchev–Trinajstić information content (AvgIpc) is 3.02. The average molecular weight is 341 g/mol. The fraction of sp³-hybridized carbons (Fsp3) is 0.800. The van der Waals surface area contributed by atoms with Crippen molar-refractivity contribution in [3.05, 3.63) is 11.7 Å². The molecule has 0 aliphatic heterocycles. The Kier molecular flexibility index (Phi) is 9.97. The largest absolute Gasteiger partial charge is 0.337 e. The highest BCUT2D eigenvalue weighted by molar-refractivity contribution is 5.73. The quantitative estimate of drug-likeness (QED) is 0.346. The molecule has 2 amide bonds. The van der Waals surface area contributed by atoms with Crippen molar-refractivity contribution in [2.45, 2.75) is 64.1 Å². The van der Waals surface area contributed by atoms with Crippen LogP contribution in [0.1, 0.15) is 63.2 Å². The Morgan fingerprint density at radius 3 is 2.50 bits per heavy atom. The van der Waals surface area contributed by atoms with Crippen molar-refractivity contribution >= 4 is 6.03 Å². The molecule has 0 aromatic carbocycles. The monoisotopic (exact) mass is 341 g/mol. The third-order valence-corrected chi connectivity index (χ3v) is 3.65. The van der Waals surface area contributed by atoms with Gasteiger partial charge in [-0.15, -0.1) is 0 Å². The van der Waals surface area contributed by atoms with Gasteiger partial charge in [0.15, 0.2) is 5.82 Å². The van der Waals surface area contributed by atoms with Crippen LogP contribution in [0, 0.1) is 0 Å². The summed E-state index contributed by atoms with van der Waals surface area (Å²) in [5.74, 6) is 0.796. The molecule has 1 rings (SSSR count). The number of nitrogens with one attached hydrogen (secondary N) is 2. The van der Waals surface area contributed by atoms with Crippen LogP contribution in [-0.2, 0) is 6.54 Å². The number of aromatic nitrogens is 2. The molecule has 138 valence electrons. The fourth-order valence-corrected chi connectivity index (χ4v) is 2.23. The third-order valence-electron chi connectivity index (χ3n) is 3.65. The van der Waals surface area contributed by atoms with Gasteiger partial charge in [0.05, 0.1) is 12.6 Å². The molecule has 0 aliphatic carbocycles. The molecule has 2 atom stereocenters. The Labute approximate surface area is 143 Å². The van der Waals surface area contributed by atoms with Crippen molar-refractivity contribution in [2.24, 2.45) is 17.2 Å². The van der Waals surface area contributed by atoms with Crippen LogP contribution in [-0.4, -0.2) is 35.3 Å². The van der Waals surface area contributed by atoms with Gasteiger partial charge in [0, 0.05) is 6.04 Å². The van der Waals surface area contributed by atoms with E-state index in [4.69, 9.17) is 21.7 Å². The highest BCUT2D eigenvalue weighted by Gasteiger charge is 2.14. The maximum Gasteiger partial charge on any atom is 0.315 e. The number of carbonyl (C=O) groups is 1. The van der Waals surface area contributed by atoms with E-state index < -0.39 is 0 Å². The maximum atomic E-state index is 11.8. The first-order chi connectivity index (χ1) is 11.6. The van der Waals surface area contributed by atoms with Crippen molar-refractivity contribution in [1.29, 1.82) is 0 Å². The summed E-state index contributed by atoms with van der Waals surface area (Å²) in [5.41, 5.74) is 16.9. The lowest BCUT2D eigenvalue weighted by Crippen LogP contribution is -2.40. The second-order valence-electron chi connectivity index (χ2n) is 5.95. The standard InChI is InChI=1S/C15H31N7O2/c1-11(6-2-4-8-16)20-15(23)19-10-13-21-14(22-24-13)12(18)7-3-5-9-17/h11-12H,2-10,16-18H2,1H3,(H2,19,20,23). The Hall–Kier alpha value is -1.71. The van der Waals surface area contributed by atoms with Crippen LogP contribution in [0.2, 0.25) is 0 Å². The van der Waals surface area contributed by atoms with Gasteiger partial charge in [-0.25, -0.2) is 4.79 Å². The van der Waals surface area contributed by atoms with E-state index in [1.807, 2.05) is 6.92 Å². The summed E-state index contributed by atoms with van der Waals surface area (Å²) in [6.45, 7) is 3.45. The van der Waals surface area contributed by atoms with Crippen LogP contribution in [0.4, 0.5) is 4.79 Å². The van der Waals surface area contributed by atoms with Gasteiger partial charge in [-0.3, -0.25) is 0 Å². The van der Waals surface area contributed by atoms with Crippen LogP contribution in [0.15, 0.2) is 4.52 Å². The van der Waals surface area contributed by atoms with Crippen molar-refractivity contribution in [2.75, 3.05) is 13.1 Å². The molecule has 8 N–H and O–H groups in total. The molecule has 0 aliphatic rings. The molecule has 1 heterocycles. The molecule has 1 aromatic heterocycles. The molecular formula is C15H31N7O2. The normalized spacial score (nSPS) is 13.5. The molecule has 9 nitrogen and oxygen atoms in total. The number of nitrogens with zero attached hydrogens (tertiary/aromatic N) is 2. The highest BCUT2D eigenvalue weighted by atomic mass is 16.5. The van der Waals surface area contributed by atoms with Gasteiger partial charge in [-0.1, -0.05) is 18.0 Å². The lowest BCUT2D eigenvalue weighted by molar-refractivity contribution is 0.234. The maximum absolute atomic E-state index is 11.8. The lowest BCUT2D eigenvalue weighted by atomic mass is 10.1. The van der Waals surface area contributed by atoms with Crippen LogP contribution in [0.3, 0.4) is 0 Å². The second-order valence-corrected chi connectivity index (χ2v) is 5.95. The molecule has 2 unspecified atom stereocenters. The number of hydrogen-bond donors (Lipinski definition) is 5. The summed E-state index contributed by atoms with van der Waals surface area (Å²) in [6.07, 6.45) is 5.45. The van der Waals surface area contributed by atoms with E-state index in [-0.39, 0.29) is 24.7 Å². The predicted molar refractivity (Wildman–Crippen MR) is 91.9 cm³/mol. The summed E-state index contributed by atoms with van der Waals surface area (Å²) in [7, 11) is 0. The summed E-state index contributed by atoms with van der Waals surface area (Å²) in [6, 6.07) is -0.446. The molecule has 0 saturated heterocycles. The minimum Gasteiger partial charge on any atom is -0.337 e. The molecule has 9 heteroatoms. The van der Waals surface area contributed by atoms with E-state index in [1.165, 1.54) is 0 Å². The van der Waals surface area contributed by atoms with Gasteiger partial charge in [-0.05, 0) is 45.7 Å². The molecular weight excluding hydrogens is 310 g/mol. The topological polar surface area (TPSA) is 158 Å². The molecule has 1 aromatic rings. The van der Waals surface area contributed by atoms with Crippen LogP contribution in [0.25, 0.3) is 0 Å². The SMILES string of the molecule is CC(CCCCN)NC(=O)NCc1nc(C(N)CCCCN)no1. The molecule has 0 spiro atoms. The van der Waals surface area contributed by atoms with Gasteiger partial charge in [0.25, 0.3) is 0 Å². The van der Waals surface area contributed by atoms with E-state index in [0.717, 1.165) is 38.5 Å². The number of amides is 2. The third kappa shape index (κ3) is 8.23. The van der Waals surface area contributed by atoms with Crippen molar-refractivity contribution in [3.8, 4) is 0 Å². The Bertz CT molecular complexity index is 466. The predicted octanol–water partition coefficient (Wildman–Crippen LogP) is 0.515. The fourth-order valence-electron chi connectivity index (χ4n) is 2.23. The number of nitrogens with two attached hydrogens (primary N) is 3. The number of unbranched alkanes of at least 4 members (excludes halogenated alkanes) is 2. The van der Waals surface area contributed by atoms with Crippen LogP contribution in [0.5, 0.6) is 0 Å². The van der Waals surface area contributed by atoms with Crippen molar-refractivity contribution in [3.63, 3.8) is 0 Å². The lowest BCUT2D eigenvalue weighted by Gasteiger charge is -2.13. The zero-order chi connectivity index (χ0) is 17.8. The second kappa shape index (κ2) is 11.8. The van der Waals surface area contributed by atoms with Crippen LogP contribution < -0.4 is 27.8 Å². The Morgan fingerprint density at radius 2 is 1.83 bits per heavy atom. The summed E-state index contributed by atoms with van der Waals surface area (Å²) < 4.78 is 5.10. The van der Waals surface area contributed by atoms with Crippen molar-refractivity contribution < 1.29 is 9.32 Å². The minimum atomic E-state index is -0.273. The minimum absolute atomic E-state index is 0.0887. The summed E-state index contributed by atoms with van der Waals surface area (Å²) in [4.78, 5) is 16.0. The molecule has 0 fully saturated rings. The zero-order valence-electron chi connectivity index (χ0n) is 14.5. The number of urea groups is 1. The van der Waals surface area contributed by atoms with Gasteiger partial charge in [0.2, 0.25) is 5.89 Å². The smallest absolute Gasteiger partial charge is 0.315 e. The molecule has 0 bridgehead atoms. The highest BCUT2D eigenvalue weighted by Crippen LogP contribution is 2.13. The number of carbonyl (C=O) groups excluding carboxylic acids is 1. The summed E-state index contributed by atoms with van der Waals surface area (Å²) in [5, 5.41) is 9.41. The van der Waals surface area contributed by atoms with E-state index in [2.05, 4.69) is 20.8 Å². The number of hydrogen-bond acceptors (Lipinski definition) is 7. The van der Waals surface area contributed by atoms with Crippen molar-refractivity contribution in [1.82, 2.24) is 20.8 Å². The molecule has 0 saturated carbocycles. The van der Waals surface area contributed by atoms with Gasteiger partial charge in [-0.2, -0.15) is 4.98 Å².